The molecule has 0 amide bonds. The number of hydrogen-bond acceptors (Lipinski definition) is 6. The standard InChI is InChI=1S/2C29H25N3P2.2ClH.Fe/c2*1-5-14-24(15-6-1)33(25-16-7-2-8-17-25)31-28-22-13-23-29(30-28)32-34(26-18-9-3-10-19-26)27-20-11-4-12-21-27;;;/h2*1-23H,(H2,30,31,32);2*1H;/q;;;;+2/p+2. The number of hydrogen-bond donors (Lipinski definition) is 4. The van der Waals surface area contributed by atoms with E-state index in [1.165, 1.54) is 42.4 Å². The Morgan fingerprint density at radius 3 is 0.479 bits per heavy atom. The Morgan fingerprint density at radius 1 is 0.197 bits per heavy atom. The van der Waals surface area contributed by atoms with Crippen molar-refractivity contribution < 1.29 is 41.9 Å². The molecular formula is C58H54Cl2FeN6P4+4. The Hall–Kier alpha value is -5.92. The fourth-order valence-corrected chi connectivity index (χ4v) is 16.0. The molecule has 10 rings (SSSR count). The molecule has 0 aliphatic heterocycles. The van der Waals surface area contributed by atoms with E-state index in [1.807, 2.05) is 0 Å². The molecule has 0 unspecified atom stereocenters. The number of nitrogens with zero attached hydrogens (tertiary/aromatic N) is 2. The van der Waals surface area contributed by atoms with Crippen LogP contribution in [0, 0.1) is 0 Å². The minimum atomic E-state index is -1.23. The van der Waals surface area contributed by atoms with E-state index in [-0.39, 0.29) is 41.9 Å². The Bertz CT molecular complexity index is 2470. The number of anilines is 4. The van der Waals surface area contributed by atoms with Gasteiger partial charge in [0.05, 0.1) is 0 Å². The van der Waals surface area contributed by atoms with E-state index < -0.39 is 32.3 Å². The fraction of sp³-hybridized carbons (Fsp3) is 0. The predicted octanol–water partition coefficient (Wildman–Crippen LogP) is 4.94. The quantitative estimate of drug-likeness (QED) is 0.0814. The van der Waals surface area contributed by atoms with Gasteiger partial charge in [-0.1, -0.05) is 158 Å². The minimum Gasteiger partial charge on any atom is -1.00 e. The van der Waals surface area contributed by atoms with E-state index in [0.717, 1.165) is 23.3 Å². The summed E-state index contributed by atoms with van der Waals surface area (Å²) < 4.78 is 0. The van der Waals surface area contributed by atoms with Gasteiger partial charge in [-0.25, -0.2) is 30.3 Å². The summed E-state index contributed by atoms with van der Waals surface area (Å²) in [6, 6.07) is 97.6. The van der Waals surface area contributed by atoms with Gasteiger partial charge < -0.3 is 24.8 Å². The maximum absolute atomic E-state index is 4.98. The molecule has 0 radical (unpaired) electrons. The van der Waals surface area contributed by atoms with Gasteiger partial charge in [0.15, 0.2) is 55.6 Å². The van der Waals surface area contributed by atoms with Crippen molar-refractivity contribution in [3.05, 3.63) is 279 Å². The molecule has 2 aromatic heterocycles. The van der Waals surface area contributed by atoms with E-state index in [9.17, 15) is 0 Å². The van der Waals surface area contributed by atoms with Crippen LogP contribution in [0.3, 0.4) is 0 Å². The first-order chi connectivity index (χ1) is 33.7. The Morgan fingerprint density at radius 2 is 0.338 bits per heavy atom. The molecule has 0 bridgehead atoms. The van der Waals surface area contributed by atoms with Crippen molar-refractivity contribution in [2.75, 3.05) is 20.3 Å². The normalized spacial score (nSPS) is 10.4. The molecule has 4 N–H and O–H groups in total. The second-order valence-electron chi connectivity index (χ2n) is 15.7. The smallest absolute Gasteiger partial charge is 1.00 e. The second-order valence-corrected chi connectivity index (χ2v) is 24.4. The molecule has 0 fully saturated rings. The molecule has 0 aliphatic carbocycles. The first-order valence-corrected chi connectivity index (χ1v) is 28.7. The third-order valence-electron chi connectivity index (χ3n) is 11.0. The van der Waals surface area contributed by atoms with Gasteiger partial charge in [0.1, 0.15) is 42.4 Å². The fourth-order valence-electron chi connectivity index (χ4n) is 7.74. The van der Waals surface area contributed by atoms with Crippen LogP contribution in [0.5, 0.6) is 0 Å². The Labute approximate surface area is 446 Å². The maximum Gasteiger partial charge on any atom is 2.00 e. The average Bonchev–Trinajstić information content (AvgIpc) is 3.43. The summed E-state index contributed by atoms with van der Waals surface area (Å²) in [5, 5.41) is 25.5. The van der Waals surface area contributed by atoms with Crippen molar-refractivity contribution in [3.8, 4) is 0 Å². The SMILES string of the molecule is [Cl-].[Cl-].[Fe+2].c1ccc([PH+](Nc2cccc(N[PH+](c3ccccc3)c3ccccc3)n2)c2ccccc2)cc1.c1ccc([PH+](Nc2cccc(N[PH+](c3ccccc3)c3ccccc3)n2)c2ccccc2)cc1. The van der Waals surface area contributed by atoms with Gasteiger partial charge in [-0.15, -0.1) is 0 Å². The third-order valence-corrected chi connectivity index (χ3v) is 20.3. The van der Waals surface area contributed by atoms with Crippen LogP contribution in [0.4, 0.5) is 23.3 Å². The zero-order valence-electron chi connectivity index (χ0n) is 38.6. The minimum absolute atomic E-state index is 0. The molecular weight excluding hydrogens is 1030 g/mol. The van der Waals surface area contributed by atoms with Crippen LogP contribution < -0.4 is 87.6 Å². The molecule has 10 aromatic rings. The molecule has 13 heteroatoms. The number of pyridine rings is 2. The number of rotatable bonds is 16. The molecule has 0 spiro atoms. The summed E-state index contributed by atoms with van der Waals surface area (Å²) in [7, 11) is -4.93. The van der Waals surface area contributed by atoms with Crippen molar-refractivity contribution in [1.29, 1.82) is 0 Å². The summed E-state index contributed by atoms with van der Waals surface area (Å²) in [6.07, 6.45) is 0. The Kier molecular flexibility index (Phi) is 22.1. The summed E-state index contributed by atoms with van der Waals surface area (Å²) in [6.45, 7) is 0. The van der Waals surface area contributed by atoms with Gasteiger partial charge in [0.2, 0.25) is 0 Å². The molecule has 354 valence electrons. The topological polar surface area (TPSA) is 73.9 Å². The molecule has 0 atom stereocenters. The number of aromatic nitrogens is 2. The monoisotopic (exact) mass is 1080 g/mol. The van der Waals surface area contributed by atoms with Crippen LogP contribution in [0.15, 0.2) is 279 Å². The van der Waals surface area contributed by atoms with Gasteiger partial charge in [-0.2, -0.15) is 0 Å². The average molecular weight is 1090 g/mol. The first kappa shape index (κ1) is 54.4. The van der Waals surface area contributed by atoms with Crippen LogP contribution in [0.2, 0.25) is 0 Å². The van der Waals surface area contributed by atoms with Crippen molar-refractivity contribution in [2.45, 2.75) is 0 Å². The molecule has 0 saturated heterocycles. The van der Waals surface area contributed by atoms with Crippen LogP contribution in [0.25, 0.3) is 0 Å². The van der Waals surface area contributed by atoms with E-state index in [0.29, 0.717) is 0 Å². The molecule has 2 heterocycles. The summed E-state index contributed by atoms with van der Waals surface area (Å²) >= 11 is 0. The molecule has 71 heavy (non-hydrogen) atoms. The number of benzene rings is 8. The van der Waals surface area contributed by atoms with Gasteiger partial charge in [0, 0.05) is 0 Å². The first-order valence-electron chi connectivity index (χ1n) is 22.7. The number of halogens is 2. The molecule has 8 aromatic carbocycles. The summed E-state index contributed by atoms with van der Waals surface area (Å²) in [5.74, 6) is 3.53. The van der Waals surface area contributed by atoms with E-state index >= 15 is 0 Å². The van der Waals surface area contributed by atoms with Gasteiger partial charge in [-0.05, 0) is 121 Å². The van der Waals surface area contributed by atoms with E-state index in [2.05, 4.69) is 299 Å². The van der Waals surface area contributed by atoms with E-state index in [1.54, 1.807) is 0 Å². The van der Waals surface area contributed by atoms with Crippen molar-refractivity contribution >= 4 is 98.0 Å². The summed E-state index contributed by atoms with van der Waals surface area (Å²) in [5.41, 5.74) is 0. The number of nitrogens with one attached hydrogen (secondary N) is 4. The zero-order chi connectivity index (χ0) is 46.0. The van der Waals surface area contributed by atoms with Crippen LogP contribution in [0.1, 0.15) is 0 Å². The van der Waals surface area contributed by atoms with Gasteiger partial charge in [0.25, 0.3) is 0 Å². The Balaban J connectivity index is 0.000000223. The van der Waals surface area contributed by atoms with Crippen LogP contribution in [-0.2, 0) is 17.1 Å². The maximum atomic E-state index is 4.98. The van der Waals surface area contributed by atoms with Crippen molar-refractivity contribution in [3.63, 3.8) is 0 Å². The second kappa shape index (κ2) is 28.8. The van der Waals surface area contributed by atoms with Gasteiger partial charge in [-0.3, -0.25) is 0 Å². The van der Waals surface area contributed by atoms with Crippen LogP contribution in [-0.4, -0.2) is 9.97 Å². The van der Waals surface area contributed by atoms with Crippen molar-refractivity contribution in [2.24, 2.45) is 0 Å². The van der Waals surface area contributed by atoms with Crippen molar-refractivity contribution in [1.82, 2.24) is 9.97 Å². The van der Waals surface area contributed by atoms with Gasteiger partial charge >= 0.3 is 17.1 Å². The largest absolute Gasteiger partial charge is 2.00 e. The summed E-state index contributed by atoms with van der Waals surface area (Å²) in [4.78, 5) is 9.97. The molecule has 0 aliphatic rings. The predicted molar refractivity (Wildman–Crippen MR) is 305 cm³/mol. The van der Waals surface area contributed by atoms with E-state index in [4.69, 9.17) is 9.97 Å². The zero-order valence-corrected chi connectivity index (χ0v) is 45.2. The molecule has 6 nitrogen and oxygen atoms in total. The van der Waals surface area contributed by atoms with Crippen LogP contribution >= 0.6 is 32.3 Å². The third kappa shape index (κ3) is 15.5. The molecule has 0 saturated carbocycles.